The topological polar surface area (TPSA) is 105 Å². The molecular weight excluding hydrogens is 404 g/mol. The lowest BCUT2D eigenvalue weighted by Gasteiger charge is -2.29. The summed E-state index contributed by atoms with van der Waals surface area (Å²) in [6.07, 6.45) is 4.81. The van der Waals surface area contributed by atoms with Crippen LogP contribution in [-0.4, -0.2) is 28.9 Å². The van der Waals surface area contributed by atoms with Crippen molar-refractivity contribution in [3.8, 4) is 5.75 Å². The Balaban J connectivity index is 1.76. The van der Waals surface area contributed by atoms with Crippen molar-refractivity contribution < 1.29 is 14.3 Å². The number of carbonyl (C=O) groups is 1. The molecule has 172 valence electrons. The molecule has 1 aromatic carbocycles. The van der Waals surface area contributed by atoms with Crippen LogP contribution >= 0.6 is 0 Å². The van der Waals surface area contributed by atoms with E-state index in [1.165, 1.54) is 5.56 Å². The minimum Gasteiger partial charge on any atom is -0.497 e. The van der Waals surface area contributed by atoms with E-state index in [0.29, 0.717) is 6.42 Å². The van der Waals surface area contributed by atoms with Crippen molar-refractivity contribution in [2.75, 3.05) is 12.8 Å². The van der Waals surface area contributed by atoms with Crippen molar-refractivity contribution in [1.82, 2.24) is 9.55 Å². The Hall–Kier alpha value is -2.96. The number of aromatic nitrogens is 2. The average molecular weight is 439 g/mol. The number of hydrogen-bond acceptors (Lipinski definition) is 5. The predicted molar refractivity (Wildman–Crippen MR) is 128 cm³/mol. The molecule has 7 nitrogen and oxygen atoms in total. The van der Waals surface area contributed by atoms with Crippen LogP contribution in [0.3, 0.4) is 0 Å². The van der Waals surface area contributed by atoms with E-state index >= 15 is 0 Å². The van der Waals surface area contributed by atoms with E-state index < -0.39 is 6.09 Å². The Labute approximate surface area is 189 Å². The predicted octanol–water partition coefficient (Wildman–Crippen LogP) is 4.95. The van der Waals surface area contributed by atoms with Crippen molar-refractivity contribution in [2.24, 2.45) is 11.1 Å². The van der Waals surface area contributed by atoms with Gasteiger partial charge < -0.3 is 25.5 Å². The summed E-state index contributed by atoms with van der Waals surface area (Å²) in [4.78, 5) is 16.5. The van der Waals surface area contributed by atoms with Crippen molar-refractivity contribution in [3.05, 3.63) is 29.5 Å². The van der Waals surface area contributed by atoms with Crippen LogP contribution in [0.5, 0.6) is 5.75 Å². The number of aryl methyl sites for hydroxylation is 2. The normalized spacial score (nSPS) is 15.0. The van der Waals surface area contributed by atoms with Crippen LogP contribution in [0, 0.1) is 5.41 Å². The first-order valence-electron chi connectivity index (χ1n) is 11.4. The summed E-state index contributed by atoms with van der Waals surface area (Å²) in [6.45, 7) is 6.91. The Kier molecular flexibility index (Phi) is 5.93. The molecule has 0 aliphatic heterocycles. The van der Waals surface area contributed by atoms with Crippen LogP contribution in [-0.2, 0) is 24.1 Å². The van der Waals surface area contributed by atoms with Crippen LogP contribution in [0.4, 0.5) is 10.5 Å². The van der Waals surface area contributed by atoms with Gasteiger partial charge in [-0.05, 0) is 67.7 Å². The van der Waals surface area contributed by atoms with Crippen LogP contribution < -0.4 is 16.2 Å². The lowest BCUT2D eigenvalue weighted by atomic mass is 9.86. The molecule has 1 aliphatic rings. The summed E-state index contributed by atoms with van der Waals surface area (Å²) in [5.74, 6) is 0.802. The van der Waals surface area contributed by atoms with E-state index in [4.69, 9.17) is 25.9 Å². The first kappa shape index (κ1) is 22.2. The fourth-order valence-electron chi connectivity index (χ4n) is 4.88. The van der Waals surface area contributed by atoms with E-state index in [1.807, 2.05) is 6.07 Å². The Morgan fingerprint density at radius 3 is 2.69 bits per heavy atom. The number of primary amides is 1. The summed E-state index contributed by atoms with van der Waals surface area (Å²) in [5.41, 5.74) is 17.1. The van der Waals surface area contributed by atoms with Crippen molar-refractivity contribution in [3.63, 3.8) is 0 Å². The molecule has 1 amide bonds. The number of anilines is 1. The Morgan fingerprint density at radius 2 is 2.00 bits per heavy atom. The smallest absolute Gasteiger partial charge is 0.404 e. The highest BCUT2D eigenvalue weighted by molar-refractivity contribution is 6.13. The summed E-state index contributed by atoms with van der Waals surface area (Å²) >= 11 is 0. The molecule has 1 atom stereocenters. The third-order valence-corrected chi connectivity index (χ3v) is 6.59. The van der Waals surface area contributed by atoms with Crippen LogP contribution in [0.2, 0.25) is 0 Å². The number of benzene rings is 1. The monoisotopic (exact) mass is 438 g/mol. The lowest BCUT2D eigenvalue weighted by Crippen LogP contribution is -2.33. The van der Waals surface area contributed by atoms with Gasteiger partial charge in [0.25, 0.3) is 0 Å². The molecule has 0 radical (unpaired) electrons. The van der Waals surface area contributed by atoms with Gasteiger partial charge in [0, 0.05) is 23.3 Å². The molecule has 2 heterocycles. The van der Waals surface area contributed by atoms with Gasteiger partial charge in [0.15, 0.2) is 0 Å². The Morgan fingerprint density at radius 1 is 1.25 bits per heavy atom. The summed E-state index contributed by atoms with van der Waals surface area (Å²) in [5, 5.41) is 2.08. The number of ether oxygens (including phenoxy) is 2. The standard InChI is InChI=1S/C25H34N4O3/c1-25(2,3)20(32-24(27)30)10-7-13-29-19-12-11-15(31-4)14-17(19)21-22(26)16-8-5-6-9-18(16)28-23(21)29/h11-12,14,20H,5-10,13H2,1-4H3,(H2,26,28)(H2,27,30). The van der Waals surface area contributed by atoms with Crippen molar-refractivity contribution in [1.29, 1.82) is 0 Å². The lowest BCUT2D eigenvalue weighted by molar-refractivity contribution is 0.0295. The number of amides is 1. The van der Waals surface area contributed by atoms with Gasteiger partial charge in [0.05, 0.1) is 18.0 Å². The molecule has 0 bridgehead atoms. The Bertz CT molecular complexity index is 1160. The minimum atomic E-state index is -0.727. The fraction of sp³-hybridized carbons (Fsp3) is 0.520. The number of carbonyl (C=O) groups excluding carboxylic acids is 1. The molecule has 32 heavy (non-hydrogen) atoms. The third-order valence-electron chi connectivity index (χ3n) is 6.59. The number of nitrogens with zero attached hydrogens (tertiary/aromatic N) is 2. The molecule has 4 rings (SSSR count). The third kappa shape index (κ3) is 4.08. The highest BCUT2D eigenvalue weighted by atomic mass is 16.6. The van der Waals surface area contributed by atoms with Crippen LogP contribution in [0.25, 0.3) is 21.9 Å². The van der Waals surface area contributed by atoms with Crippen molar-refractivity contribution in [2.45, 2.75) is 71.9 Å². The van der Waals surface area contributed by atoms with E-state index in [0.717, 1.165) is 77.7 Å². The van der Waals surface area contributed by atoms with Gasteiger partial charge in [-0.3, -0.25) is 0 Å². The number of hydrogen-bond donors (Lipinski definition) is 2. The van der Waals surface area contributed by atoms with Gasteiger partial charge >= 0.3 is 6.09 Å². The van der Waals surface area contributed by atoms with Gasteiger partial charge in [-0.2, -0.15) is 0 Å². The second kappa shape index (κ2) is 8.52. The first-order chi connectivity index (χ1) is 15.2. The van der Waals surface area contributed by atoms with Gasteiger partial charge in [-0.25, -0.2) is 9.78 Å². The molecule has 2 aromatic heterocycles. The highest BCUT2D eigenvalue weighted by Crippen LogP contribution is 2.39. The average Bonchev–Trinajstić information content (AvgIpc) is 3.05. The molecule has 7 heteroatoms. The van der Waals surface area contributed by atoms with E-state index in [-0.39, 0.29) is 11.5 Å². The fourth-order valence-corrected chi connectivity index (χ4v) is 4.88. The maximum atomic E-state index is 11.4. The summed E-state index contributed by atoms with van der Waals surface area (Å²) in [6, 6.07) is 6.10. The quantitative estimate of drug-likeness (QED) is 0.566. The zero-order valence-electron chi connectivity index (χ0n) is 19.5. The van der Waals surface area contributed by atoms with Gasteiger partial charge in [0.2, 0.25) is 0 Å². The van der Waals surface area contributed by atoms with Crippen molar-refractivity contribution >= 4 is 33.7 Å². The van der Waals surface area contributed by atoms with Gasteiger partial charge in [0.1, 0.15) is 17.5 Å². The van der Waals surface area contributed by atoms with E-state index in [1.54, 1.807) is 7.11 Å². The molecule has 3 aromatic rings. The molecule has 1 aliphatic carbocycles. The zero-order valence-corrected chi connectivity index (χ0v) is 19.5. The molecule has 4 N–H and O–H groups in total. The first-order valence-corrected chi connectivity index (χ1v) is 11.4. The second-order valence-corrected chi connectivity index (χ2v) is 9.82. The second-order valence-electron chi connectivity index (χ2n) is 9.82. The van der Waals surface area contributed by atoms with E-state index in [9.17, 15) is 4.79 Å². The zero-order chi connectivity index (χ0) is 23.0. The largest absolute Gasteiger partial charge is 0.497 e. The van der Waals surface area contributed by atoms with Crippen LogP contribution in [0.1, 0.15) is 57.7 Å². The number of nitrogens with two attached hydrogens (primary N) is 2. The molecule has 0 spiro atoms. The number of methoxy groups -OCH3 is 1. The van der Waals surface area contributed by atoms with E-state index in [2.05, 4.69) is 37.5 Å². The van der Waals surface area contributed by atoms with Gasteiger partial charge in [-0.15, -0.1) is 0 Å². The molecular formula is C25H34N4O3. The van der Waals surface area contributed by atoms with Gasteiger partial charge in [-0.1, -0.05) is 20.8 Å². The minimum absolute atomic E-state index is 0.190. The summed E-state index contributed by atoms with van der Waals surface area (Å²) < 4.78 is 13.1. The molecule has 0 fully saturated rings. The molecule has 1 unspecified atom stereocenters. The number of rotatable bonds is 6. The highest BCUT2D eigenvalue weighted by Gasteiger charge is 2.28. The molecule has 0 saturated carbocycles. The molecule has 0 saturated heterocycles. The number of fused-ring (bicyclic) bond motifs is 4. The number of nitrogen functional groups attached to an aromatic ring is 1. The SMILES string of the molecule is COc1ccc2c(c1)c1c(N)c3c(nc1n2CCCC(OC(N)=O)C(C)(C)C)CCCC3. The maximum absolute atomic E-state index is 11.4. The van der Waals surface area contributed by atoms with Crippen LogP contribution in [0.15, 0.2) is 18.2 Å². The maximum Gasteiger partial charge on any atom is 0.404 e. The summed E-state index contributed by atoms with van der Waals surface area (Å²) in [7, 11) is 1.68. The number of pyridine rings is 1.